The molecule has 0 radical (unpaired) electrons. The molecule has 1 saturated heterocycles. The number of hydrogen-bond acceptors (Lipinski definition) is 4. The SMILES string of the molecule is CC1(C)CN(c2cc(C(=O)O)c(N)cc2F)CC(C)(C)O1. The monoisotopic (exact) mass is 296 g/mol. The molecule has 0 spiro atoms. The highest BCUT2D eigenvalue weighted by atomic mass is 19.1. The van der Waals surface area contributed by atoms with Gasteiger partial charge in [-0.25, -0.2) is 9.18 Å². The molecular weight excluding hydrogens is 275 g/mol. The predicted octanol–water partition coefficient (Wildman–Crippen LogP) is 2.50. The molecule has 5 nitrogen and oxygen atoms in total. The van der Waals surface area contributed by atoms with E-state index in [4.69, 9.17) is 15.6 Å². The zero-order valence-corrected chi connectivity index (χ0v) is 12.7. The van der Waals surface area contributed by atoms with Crippen LogP contribution in [0.4, 0.5) is 15.8 Å². The van der Waals surface area contributed by atoms with E-state index in [9.17, 15) is 9.18 Å². The van der Waals surface area contributed by atoms with E-state index in [1.807, 2.05) is 32.6 Å². The van der Waals surface area contributed by atoms with Crippen molar-refractivity contribution in [3.8, 4) is 0 Å². The lowest BCUT2D eigenvalue weighted by atomic mass is 9.97. The number of ether oxygens (including phenoxy) is 1. The predicted molar refractivity (Wildman–Crippen MR) is 79.2 cm³/mol. The third-order valence-electron chi connectivity index (χ3n) is 3.39. The first kappa shape index (κ1) is 15.6. The summed E-state index contributed by atoms with van der Waals surface area (Å²) in [4.78, 5) is 13.0. The van der Waals surface area contributed by atoms with Crippen LogP contribution in [0.5, 0.6) is 0 Å². The van der Waals surface area contributed by atoms with Crippen LogP contribution in [-0.4, -0.2) is 35.4 Å². The summed E-state index contributed by atoms with van der Waals surface area (Å²) in [6, 6.07) is 2.36. The van der Waals surface area contributed by atoms with Crippen LogP contribution in [0.1, 0.15) is 38.1 Å². The Hall–Kier alpha value is -1.82. The number of nitrogen functional groups attached to an aromatic ring is 1. The van der Waals surface area contributed by atoms with Crippen molar-refractivity contribution in [2.75, 3.05) is 23.7 Å². The van der Waals surface area contributed by atoms with Crippen LogP contribution in [0, 0.1) is 5.82 Å². The van der Waals surface area contributed by atoms with Crippen LogP contribution in [0.2, 0.25) is 0 Å². The van der Waals surface area contributed by atoms with E-state index in [1.54, 1.807) is 0 Å². The Bertz CT molecular complexity index is 569. The molecule has 1 aliphatic heterocycles. The summed E-state index contributed by atoms with van der Waals surface area (Å²) in [7, 11) is 0. The first-order valence-corrected chi connectivity index (χ1v) is 6.78. The third-order valence-corrected chi connectivity index (χ3v) is 3.39. The largest absolute Gasteiger partial charge is 0.478 e. The Balaban J connectivity index is 2.46. The maximum absolute atomic E-state index is 14.2. The van der Waals surface area contributed by atoms with E-state index in [-0.39, 0.29) is 16.9 Å². The Labute approximate surface area is 123 Å². The molecule has 1 aromatic carbocycles. The molecular formula is C15H21FN2O3. The van der Waals surface area contributed by atoms with Crippen molar-refractivity contribution < 1.29 is 19.0 Å². The summed E-state index contributed by atoms with van der Waals surface area (Å²) in [6.07, 6.45) is 0. The van der Waals surface area contributed by atoms with Crippen LogP contribution in [-0.2, 0) is 4.74 Å². The maximum Gasteiger partial charge on any atom is 0.337 e. The Morgan fingerprint density at radius 3 is 2.29 bits per heavy atom. The number of aromatic carboxylic acids is 1. The lowest BCUT2D eigenvalue weighted by Gasteiger charge is -2.48. The number of nitrogens with two attached hydrogens (primary N) is 1. The molecule has 1 heterocycles. The smallest absolute Gasteiger partial charge is 0.337 e. The van der Waals surface area contributed by atoms with Crippen LogP contribution in [0.3, 0.4) is 0 Å². The molecule has 1 aromatic rings. The van der Waals surface area contributed by atoms with Gasteiger partial charge in [-0.15, -0.1) is 0 Å². The molecule has 1 fully saturated rings. The van der Waals surface area contributed by atoms with Gasteiger partial charge in [-0.1, -0.05) is 0 Å². The summed E-state index contributed by atoms with van der Waals surface area (Å²) < 4.78 is 20.2. The topological polar surface area (TPSA) is 75.8 Å². The molecule has 3 N–H and O–H groups in total. The minimum absolute atomic E-state index is 0.0736. The maximum atomic E-state index is 14.2. The third kappa shape index (κ3) is 3.26. The van der Waals surface area contributed by atoms with Gasteiger partial charge in [-0.2, -0.15) is 0 Å². The number of hydrogen-bond donors (Lipinski definition) is 2. The molecule has 0 aromatic heterocycles. The van der Waals surface area contributed by atoms with E-state index < -0.39 is 23.0 Å². The number of benzene rings is 1. The van der Waals surface area contributed by atoms with Crippen molar-refractivity contribution in [3.63, 3.8) is 0 Å². The lowest BCUT2D eigenvalue weighted by Crippen LogP contribution is -2.57. The second kappa shape index (κ2) is 4.87. The molecule has 0 saturated carbocycles. The minimum atomic E-state index is -1.17. The van der Waals surface area contributed by atoms with E-state index in [0.29, 0.717) is 13.1 Å². The normalized spacial score (nSPS) is 20.3. The van der Waals surface area contributed by atoms with Crippen molar-refractivity contribution in [2.45, 2.75) is 38.9 Å². The average molecular weight is 296 g/mol. The Kier molecular flexibility index (Phi) is 3.61. The fourth-order valence-corrected chi connectivity index (χ4v) is 2.96. The highest BCUT2D eigenvalue weighted by Gasteiger charge is 2.39. The Morgan fingerprint density at radius 1 is 1.29 bits per heavy atom. The highest BCUT2D eigenvalue weighted by molar-refractivity contribution is 5.95. The van der Waals surface area contributed by atoms with Gasteiger partial charge in [0.1, 0.15) is 5.82 Å². The van der Waals surface area contributed by atoms with E-state index in [1.165, 1.54) is 6.07 Å². The zero-order chi connectivity index (χ0) is 16.0. The summed E-state index contributed by atoms with van der Waals surface area (Å²) in [5.74, 6) is -1.69. The van der Waals surface area contributed by atoms with Gasteiger partial charge in [0.25, 0.3) is 0 Å². The number of carbonyl (C=O) groups is 1. The van der Waals surface area contributed by atoms with Crippen LogP contribution < -0.4 is 10.6 Å². The minimum Gasteiger partial charge on any atom is -0.478 e. The van der Waals surface area contributed by atoms with Gasteiger partial charge in [0.05, 0.1) is 22.5 Å². The van der Waals surface area contributed by atoms with Gasteiger partial charge in [0, 0.05) is 18.8 Å². The summed E-state index contributed by atoms with van der Waals surface area (Å²) >= 11 is 0. The number of morpholine rings is 1. The summed E-state index contributed by atoms with van der Waals surface area (Å²) in [5, 5.41) is 9.14. The zero-order valence-electron chi connectivity index (χ0n) is 12.7. The number of nitrogens with zero attached hydrogens (tertiary/aromatic N) is 1. The van der Waals surface area contributed by atoms with Crippen molar-refractivity contribution >= 4 is 17.3 Å². The lowest BCUT2D eigenvalue weighted by molar-refractivity contribution is -0.133. The van der Waals surface area contributed by atoms with Crippen molar-refractivity contribution in [2.24, 2.45) is 0 Å². The second-order valence-corrected chi connectivity index (χ2v) is 6.67. The number of carboxylic acids is 1. The highest BCUT2D eigenvalue weighted by Crippen LogP contribution is 2.34. The second-order valence-electron chi connectivity index (χ2n) is 6.67. The standard InChI is InChI=1S/C15H21FN2O3/c1-14(2)7-18(8-15(3,4)21-14)12-5-9(13(19)20)11(17)6-10(12)16/h5-6H,7-8,17H2,1-4H3,(H,19,20). The quantitative estimate of drug-likeness (QED) is 0.820. The van der Waals surface area contributed by atoms with Gasteiger partial charge in [0.2, 0.25) is 0 Å². The Morgan fingerprint density at radius 2 is 1.81 bits per heavy atom. The number of rotatable bonds is 2. The van der Waals surface area contributed by atoms with Crippen molar-refractivity contribution in [1.82, 2.24) is 0 Å². The molecule has 6 heteroatoms. The van der Waals surface area contributed by atoms with Gasteiger partial charge in [-0.3, -0.25) is 0 Å². The van der Waals surface area contributed by atoms with Crippen LogP contribution >= 0.6 is 0 Å². The number of halogens is 1. The van der Waals surface area contributed by atoms with Gasteiger partial charge >= 0.3 is 5.97 Å². The van der Waals surface area contributed by atoms with Crippen molar-refractivity contribution in [3.05, 3.63) is 23.5 Å². The van der Waals surface area contributed by atoms with Gasteiger partial charge in [-0.05, 0) is 39.8 Å². The molecule has 21 heavy (non-hydrogen) atoms. The molecule has 0 unspecified atom stereocenters. The summed E-state index contributed by atoms with van der Waals surface area (Å²) in [6.45, 7) is 8.64. The first-order chi connectivity index (χ1) is 9.51. The van der Waals surface area contributed by atoms with Gasteiger partial charge in [0.15, 0.2) is 0 Å². The molecule has 0 aliphatic carbocycles. The van der Waals surface area contributed by atoms with Gasteiger partial charge < -0.3 is 20.5 Å². The van der Waals surface area contributed by atoms with E-state index >= 15 is 0 Å². The van der Waals surface area contributed by atoms with Crippen LogP contribution in [0.15, 0.2) is 12.1 Å². The molecule has 0 amide bonds. The average Bonchev–Trinajstić information content (AvgIpc) is 2.23. The fraction of sp³-hybridized carbons (Fsp3) is 0.533. The van der Waals surface area contributed by atoms with Crippen LogP contribution in [0.25, 0.3) is 0 Å². The van der Waals surface area contributed by atoms with E-state index in [2.05, 4.69) is 0 Å². The molecule has 116 valence electrons. The number of anilines is 2. The fourth-order valence-electron chi connectivity index (χ4n) is 2.96. The molecule has 0 atom stereocenters. The summed E-state index contributed by atoms with van der Waals surface area (Å²) in [5.41, 5.74) is 4.72. The molecule has 1 aliphatic rings. The number of carboxylic acid groups (broad SMARTS) is 1. The van der Waals surface area contributed by atoms with Crippen molar-refractivity contribution in [1.29, 1.82) is 0 Å². The molecule has 2 rings (SSSR count). The first-order valence-electron chi connectivity index (χ1n) is 6.78. The van der Waals surface area contributed by atoms with E-state index in [0.717, 1.165) is 6.07 Å². The molecule has 0 bridgehead atoms.